The molecule has 1 amide bonds. The van der Waals surface area contributed by atoms with Gasteiger partial charge in [-0.05, 0) is 55.3 Å². The van der Waals surface area contributed by atoms with Gasteiger partial charge in [-0.15, -0.1) is 0 Å². The molecule has 2 aromatic rings. The van der Waals surface area contributed by atoms with Crippen molar-refractivity contribution in [3.05, 3.63) is 52.5 Å². The highest BCUT2D eigenvalue weighted by Gasteiger charge is 2.26. The fourth-order valence-corrected chi connectivity index (χ4v) is 4.86. The second kappa shape index (κ2) is 8.41. The van der Waals surface area contributed by atoms with E-state index in [0.29, 0.717) is 5.69 Å². The van der Waals surface area contributed by atoms with Crippen molar-refractivity contribution in [2.45, 2.75) is 36.6 Å². The first-order valence-corrected chi connectivity index (χ1v) is 10.9. The average Bonchev–Trinajstić information content (AvgIpc) is 3.15. The van der Waals surface area contributed by atoms with Crippen molar-refractivity contribution in [3.63, 3.8) is 0 Å². The van der Waals surface area contributed by atoms with Crippen LogP contribution in [-0.4, -0.2) is 27.5 Å². The summed E-state index contributed by atoms with van der Waals surface area (Å²) < 4.78 is 34.5. The maximum atomic E-state index is 12.8. The van der Waals surface area contributed by atoms with E-state index < -0.39 is 15.9 Å². The molecule has 0 aromatic heterocycles. The summed E-state index contributed by atoms with van der Waals surface area (Å²) in [6.07, 6.45) is 3.68. The molecule has 0 atom stereocenters. The summed E-state index contributed by atoms with van der Waals surface area (Å²) in [4.78, 5) is 12.5. The first-order chi connectivity index (χ1) is 12.9. The van der Waals surface area contributed by atoms with Crippen LogP contribution in [0.25, 0.3) is 0 Å². The molecule has 1 fully saturated rings. The van der Waals surface area contributed by atoms with Gasteiger partial charge in [0.15, 0.2) is 0 Å². The van der Waals surface area contributed by atoms with E-state index in [1.54, 1.807) is 18.2 Å². The zero-order chi connectivity index (χ0) is 19.4. The lowest BCUT2D eigenvalue weighted by atomic mass is 10.2. The first-order valence-electron chi connectivity index (χ1n) is 8.66. The van der Waals surface area contributed by atoms with Gasteiger partial charge in [-0.1, -0.05) is 28.8 Å². The number of hydrogen-bond donors (Lipinski definition) is 2. The molecular formula is C19H21BrN2O4S. The van der Waals surface area contributed by atoms with E-state index in [9.17, 15) is 13.2 Å². The highest BCUT2D eigenvalue weighted by molar-refractivity contribution is 9.10. The molecule has 1 saturated carbocycles. The fraction of sp³-hybridized carbons (Fsp3) is 0.316. The van der Waals surface area contributed by atoms with Crippen molar-refractivity contribution in [1.82, 2.24) is 4.72 Å². The number of amides is 1. The van der Waals surface area contributed by atoms with Crippen LogP contribution in [0.15, 0.2) is 51.8 Å². The Bertz CT molecular complexity index is 923. The van der Waals surface area contributed by atoms with Crippen LogP contribution >= 0.6 is 15.9 Å². The van der Waals surface area contributed by atoms with Crippen molar-refractivity contribution in [2.24, 2.45) is 0 Å². The number of halogens is 1. The molecule has 0 unspecified atom stereocenters. The number of methoxy groups -OCH3 is 1. The molecule has 0 radical (unpaired) electrons. The zero-order valence-electron chi connectivity index (χ0n) is 14.9. The van der Waals surface area contributed by atoms with Crippen molar-refractivity contribution in [3.8, 4) is 5.75 Å². The van der Waals surface area contributed by atoms with Crippen LogP contribution in [0.5, 0.6) is 5.75 Å². The number of rotatable bonds is 6. The number of hydrogen-bond acceptors (Lipinski definition) is 4. The quantitative estimate of drug-likeness (QED) is 0.694. The summed E-state index contributed by atoms with van der Waals surface area (Å²) in [5.41, 5.74) is 0.859. The minimum absolute atomic E-state index is 0.0274. The van der Waals surface area contributed by atoms with Gasteiger partial charge in [0.1, 0.15) is 10.6 Å². The second-order valence-corrected chi connectivity index (χ2v) is 9.03. The van der Waals surface area contributed by atoms with Gasteiger partial charge in [-0.2, -0.15) is 0 Å². The van der Waals surface area contributed by atoms with E-state index in [1.165, 1.54) is 19.2 Å². The smallest absolute Gasteiger partial charge is 0.255 e. The summed E-state index contributed by atoms with van der Waals surface area (Å²) in [5, 5.41) is 2.76. The molecule has 0 bridgehead atoms. The monoisotopic (exact) mass is 452 g/mol. The standard InChI is InChI=1S/C19H21BrN2O4S/c1-26-17-11-6-13(19(23)21-15-9-7-14(20)8-10-15)12-18(17)27(24,25)22-16-4-2-3-5-16/h6-12,16,22H,2-5H2,1H3,(H,21,23). The fourth-order valence-electron chi connectivity index (χ4n) is 3.09. The molecule has 0 aliphatic heterocycles. The molecule has 144 valence electrons. The molecule has 2 N–H and O–H groups in total. The average molecular weight is 453 g/mol. The minimum Gasteiger partial charge on any atom is -0.495 e. The molecule has 0 saturated heterocycles. The van der Waals surface area contributed by atoms with E-state index >= 15 is 0 Å². The highest BCUT2D eigenvalue weighted by Crippen LogP contribution is 2.27. The topological polar surface area (TPSA) is 84.5 Å². The molecule has 8 heteroatoms. The summed E-state index contributed by atoms with van der Waals surface area (Å²) >= 11 is 3.34. The van der Waals surface area contributed by atoms with Crippen LogP contribution in [0.2, 0.25) is 0 Å². The van der Waals surface area contributed by atoms with Crippen LogP contribution in [0.3, 0.4) is 0 Å². The van der Waals surface area contributed by atoms with Crippen molar-refractivity contribution >= 4 is 37.5 Å². The lowest BCUT2D eigenvalue weighted by Crippen LogP contribution is -2.33. The first kappa shape index (κ1) is 19.9. The van der Waals surface area contributed by atoms with Crippen molar-refractivity contribution in [1.29, 1.82) is 0 Å². The summed E-state index contributed by atoms with van der Waals surface area (Å²) in [5.74, 6) is -0.182. The summed E-state index contributed by atoms with van der Waals surface area (Å²) in [7, 11) is -2.37. The molecule has 3 rings (SSSR count). The Morgan fingerprint density at radius 1 is 1.11 bits per heavy atom. The predicted octanol–water partition coefficient (Wildman–Crippen LogP) is 3.93. The van der Waals surface area contributed by atoms with Gasteiger partial charge in [0, 0.05) is 21.8 Å². The maximum Gasteiger partial charge on any atom is 0.255 e. The van der Waals surface area contributed by atoms with Crippen LogP contribution in [0.1, 0.15) is 36.0 Å². The van der Waals surface area contributed by atoms with Gasteiger partial charge in [0.25, 0.3) is 5.91 Å². The highest BCUT2D eigenvalue weighted by atomic mass is 79.9. The number of ether oxygens (including phenoxy) is 1. The third-order valence-electron chi connectivity index (χ3n) is 4.49. The number of carbonyl (C=O) groups excluding carboxylic acids is 1. The normalized spacial score (nSPS) is 14.9. The number of anilines is 1. The van der Waals surface area contributed by atoms with Gasteiger partial charge in [0.2, 0.25) is 10.0 Å². The molecular weight excluding hydrogens is 432 g/mol. The van der Waals surface area contributed by atoms with E-state index in [-0.39, 0.29) is 22.3 Å². The third-order valence-corrected chi connectivity index (χ3v) is 6.56. The Morgan fingerprint density at radius 3 is 2.41 bits per heavy atom. The Labute approximate surface area is 167 Å². The van der Waals surface area contributed by atoms with Crippen molar-refractivity contribution in [2.75, 3.05) is 12.4 Å². The molecule has 0 heterocycles. The van der Waals surface area contributed by atoms with Gasteiger partial charge >= 0.3 is 0 Å². The Hall–Kier alpha value is -1.90. The Morgan fingerprint density at radius 2 is 1.78 bits per heavy atom. The van der Waals surface area contributed by atoms with E-state index in [1.807, 2.05) is 12.1 Å². The molecule has 0 spiro atoms. The van der Waals surface area contributed by atoms with Crippen molar-refractivity contribution < 1.29 is 17.9 Å². The molecule has 6 nitrogen and oxygen atoms in total. The second-order valence-electron chi connectivity index (χ2n) is 6.43. The van der Waals surface area contributed by atoms with Crippen LogP contribution in [0, 0.1) is 0 Å². The minimum atomic E-state index is -3.78. The van der Waals surface area contributed by atoms with E-state index in [2.05, 4.69) is 26.0 Å². The largest absolute Gasteiger partial charge is 0.495 e. The van der Waals surface area contributed by atoms with Crippen LogP contribution < -0.4 is 14.8 Å². The molecule has 27 heavy (non-hydrogen) atoms. The zero-order valence-corrected chi connectivity index (χ0v) is 17.3. The number of nitrogens with one attached hydrogen (secondary N) is 2. The lowest BCUT2D eigenvalue weighted by Gasteiger charge is -2.16. The van der Waals surface area contributed by atoms with Gasteiger partial charge in [-0.25, -0.2) is 13.1 Å². The maximum absolute atomic E-state index is 12.8. The number of carbonyl (C=O) groups is 1. The summed E-state index contributed by atoms with van der Waals surface area (Å²) in [6, 6.07) is 11.5. The van der Waals surface area contributed by atoms with E-state index in [0.717, 1.165) is 30.2 Å². The molecule has 1 aliphatic rings. The SMILES string of the molecule is COc1ccc(C(=O)Nc2ccc(Br)cc2)cc1S(=O)(=O)NC1CCCC1. The van der Waals surface area contributed by atoms with Gasteiger partial charge in [0.05, 0.1) is 7.11 Å². The Kier molecular flexibility index (Phi) is 6.18. The summed E-state index contributed by atoms with van der Waals surface area (Å²) in [6.45, 7) is 0. The lowest BCUT2D eigenvalue weighted by molar-refractivity contribution is 0.102. The Balaban J connectivity index is 1.85. The number of sulfonamides is 1. The van der Waals surface area contributed by atoms with Gasteiger partial charge < -0.3 is 10.1 Å². The molecule has 2 aromatic carbocycles. The van der Waals surface area contributed by atoms with Crippen LogP contribution in [-0.2, 0) is 10.0 Å². The van der Waals surface area contributed by atoms with Crippen LogP contribution in [0.4, 0.5) is 5.69 Å². The van der Waals surface area contributed by atoms with E-state index in [4.69, 9.17) is 4.74 Å². The molecule has 1 aliphatic carbocycles. The number of benzene rings is 2. The predicted molar refractivity (Wildman–Crippen MR) is 108 cm³/mol. The van der Waals surface area contributed by atoms with Gasteiger partial charge in [-0.3, -0.25) is 4.79 Å². The third kappa shape index (κ3) is 4.88.